The lowest BCUT2D eigenvalue weighted by Crippen LogP contribution is -2.67. The molecule has 4 rings (SSSR count). The Hall–Kier alpha value is -1.55. The van der Waals surface area contributed by atoms with Crippen molar-refractivity contribution in [2.45, 2.75) is 38.8 Å². The van der Waals surface area contributed by atoms with Crippen LogP contribution in [0.1, 0.15) is 26.7 Å². The predicted octanol–water partition coefficient (Wildman–Crippen LogP) is 3.18. The highest BCUT2D eigenvalue weighted by molar-refractivity contribution is 5.91. The molecule has 4 nitrogen and oxygen atoms in total. The van der Waals surface area contributed by atoms with Crippen LogP contribution in [0.3, 0.4) is 0 Å². The van der Waals surface area contributed by atoms with Gasteiger partial charge in [-0.3, -0.25) is 5.10 Å². The first kappa shape index (κ1) is 12.2. The lowest BCUT2D eigenvalue weighted by molar-refractivity contribution is -0.177. The van der Waals surface area contributed by atoms with Crippen LogP contribution in [0.25, 0.3) is 10.9 Å². The van der Waals surface area contributed by atoms with Gasteiger partial charge in [0.2, 0.25) is 0 Å². The smallest absolute Gasteiger partial charge is 0.0693 e. The van der Waals surface area contributed by atoms with Crippen LogP contribution in [0.15, 0.2) is 24.4 Å². The minimum absolute atomic E-state index is 0.191. The first-order valence-electron chi connectivity index (χ1n) is 7.48. The number of anilines is 1. The van der Waals surface area contributed by atoms with Crippen LogP contribution in [-0.2, 0) is 4.74 Å². The number of rotatable bonds is 2. The highest BCUT2D eigenvalue weighted by Crippen LogP contribution is 2.52. The normalized spacial score (nSPS) is 31.6. The molecule has 2 fully saturated rings. The first-order valence-corrected chi connectivity index (χ1v) is 7.48. The van der Waals surface area contributed by atoms with Crippen LogP contribution in [0, 0.1) is 11.3 Å². The molecule has 2 aromatic rings. The van der Waals surface area contributed by atoms with Crippen molar-refractivity contribution in [3.05, 3.63) is 24.4 Å². The Morgan fingerprint density at radius 3 is 3.20 bits per heavy atom. The third kappa shape index (κ3) is 1.61. The maximum Gasteiger partial charge on any atom is 0.0693 e. The molecule has 2 aliphatic rings. The van der Waals surface area contributed by atoms with Crippen molar-refractivity contribution >= 4 is 16.6 Å². The third-order valence-electron chi connectivity index (χ3n) is 5.13. The van der Waals surface area contributed by atoms with E-state index in [-0.39, 0.29) is 5.41 Å². The van der Waals surface area contributed by atoms with Gasteiger partial charge in [0, 0.05) is 35.1 Å². The van der Waals surface area contributed by atoms with Crippen LogP contribution < -0.4 is 5.32 Å². The molecule has 1 saturated carbocycles. The molecule has 0 radical (unpaired) electrons. The fraction of sp³-hybridized carbons (Fsp3) is 0.562. The zero-order valence-electron chi connectivity index (χ0n) is 12.0. The number of fused-ring (bicyclic) bond motifs is 2. The molecule has 1 aromatic heterocycles. The number of ether oxygens (including phenoxy) is 1. The van der Waals surface area contributed by atoms with E-state index >= 15 is 0 Å². The Bertz CT molecular complexity index is 633. The van der Waals surface area contributed by atoms with E-state index in [0.717, 1.165) is 12.1 Å². The van der Waals surface area contributed by atoms with E-state index in [2.05, 4.69) is 47.6 Å². The summed E-state index contributed by atoms with van der Waals surface area (Å²) in [4.78, 5) is 0. The number of nitrogens with zero attached hydrogens (tertiary/aromatic N) is 1. The fourth-order valence-corrected chi connectivity index (χ4v) is 4.08. The number of H-pyrrole nitrogens is 1. The summed E-state index contributed by atoms with van der Waals surface area (Å²) in [6.45, 7) is 5.55. The number of aromatic nitrogens is 2. The third-order valence-corrected chi connectivity index (χ3v) is 5.13. The molecule has 106 valence electrons. The summed E-state index contributed by atoms with van der Waals surface area (Å²) >= 11 is 0. The van der Waals surface area contributed by atoms with Gasteiger partial charge in [0.25, 0.3) is 0 Å². The summed E-state index contributed by atoms with van der Waals surface area (Å²) in [5.74, 6) is 0.640. The van der Waals surface area contributed by atoms with Crippen LogP contribution in [0.2, 0.25) is 0 Å². The van der Waals surface area contributed by atoms with Gasteiger partial charge >= 0.3 is 0 Å². The lowest BCUT2D eigenvalue weighted by atomic mass is 9.55. The Kier molecular flexibility index (Phi) is 2.58. The molecule has 4 heteroatoms. The molecule has 0 bridgehead atoms. The average molecular weight is 271 g/mol. The largest absolute Gasteiger partial charge is 0.381 e. The van der Waals surface area contributed by atoms with E-state index in [9.17, 15) is 0 Å². The van der Waals surface area contributed by atoms with Crippen molar-refractivity contribution in [2.75, 3.05) is 11.9 Å². The van der Waals surface area contributed by atoms with E-state index in [1.807, 2.05) is 6.20 Å². The Balaban J connectivity index is 1.64. The van der Waals surface area contributed by atoms with E-state index in [1.54, 1.807) is 0 Å². The second-order valence-corrected chi connectivity index (χ2v) is 6.68. The molecular formula is C16H21N3O. The predicted molar refractivity (Wildman–Crippen MR) is 79.7 cm³/mol. The summed E-state index contributed by atoms with van der Waals surface area (Å²) in [6.07, 6.45) is 4.77. The molecule has 1 aliphatic heterocycles. The highest BCUT2D eigenvalue weighted by atomic mass is 16.5. The van der Waals surface area contributed by atoms with Gasteiger partial charge < -0.3 is 10.1 Å². The van der Waals surface area contributed by atoms with Crippen molar-refractivity contribution in [1.29, 1.82) is 0 Å². The molecule has 3 atom stereocenters. The maximum absolute atomic E-state index is 5.97. The molecule has 1 aromatic carbocycles. The molecule has 1 saturated heterocycles. The fourth-order valence-electron chi connectivity index (χ4n) is 4.08. The zero-order valence-corrected chi connectivity index (χ0v) is 12.0. The van der Waals surface area contributed by atoms with E-state index < -0.39 is 0 Å². The molecule has 1 aliphatic carbocycles. The van der Waals surface area contributed by atoms with Crippen LogP contribution >= 0.6 is 0 Å². The minimum Gasteiger partial charge on any atom is -0.381 e. The summed E-state index contributed by atoms with van der Waals surface area (Å²) in [6, 6.07) is 6.76. The maximum atomic E-state index is 5.97. The first-order chi connectivity index (χ1) is 9.68. The zero-order chi connectivity index (χ0) is 13.7. The molecule has 2 N–H and O–H groups in total. The van der Waals surface area contributed by atoms with Gasteiger partial charge in [0.1, 0.15) is 0 Å². The van der Waals surface area contributed by atoms with Gasteiger partial charge in [-0.1, -0.05) is 19.9 Å². The quantitative estimate of drug-likeness (QED) is 0.882. The standard InChI is InChI=1S/C16H21N3O/c1-16(2)14(10-5-4-8-20-15(10)16)18-12-6-3-7-13-11(12)9-17-19-13/h3,6-7,9-10,14-15,18H,4-5,8H2,1-2H3,(H,17,19). The SMILES string of the molecule is CC1(C)C(Nc2cccc3[nH]ncc23)C2CCCOC21. The number of hydrogen-bond acceptors (Lipinski definition) is 3. The molecule has 20 heavy (non-hydrogen) atoms. The van der Waals surface area contributed by atoms with Gasteiger partial charge in [-0.15, -0.1) is 0 Å². The van der Waals surface area contributed by atoms with Gasteiger partial charge in [-0.2, -0.15) is 5.10 Å². The Morgan fingerprint density at radius 2 is 2.30 bits per heavy atom. The van der Waals surface area contributed by atoms with Crippen molar-refractivity contribution < 1.29 is 4.74 Å². The second-order valence-electron chi connectivity index (χ2n) is 6.68. The van der Waals surface area contributed by atoms with Crippen molar-refractivity contribution in [3.8, 4) is 0 Å². The Morgan fingerprint density at radius 1 is 1.40 bits per heavy atom. The van der Waals surface area contributed by atoms with Crippen molar-refractivity contribution in [1.82, 2.24) is 10.2 Å². The van der Waals surface area contributed by atoms with Crippen molar-refractivity contribution in [3.63, 3.8) is 0 Å². The summed E-state index contributed by atoms with van der Waals surface area (Å²) in [5.41, 5.74) is 2.46. The lowest BCUT2D eigenvalue weighted by Gasteiger charge is -2.60. The van der Waals surface area contributed by atoms with Gasteiger partial charge in [-0.25, -0.2) is 0 Å². The minimum atomic E-state index is 0.191. The van der Waals surface area contributed by atoms with E-state index in [1.165, 1.54) is 23.9 Å². The van der Waals surface area contributed by atoms with Crippen LogP contribution in [-0.4, -0.2) is 29.0 Å². The molecule has 0 amide bonds. The summed E-state index contributed by atoms with van der Waals surface area (Å²) in [5, 5.41) is 12.1. The monoisotopic (exact) mass is 271 g/mol. The van der Waals surface area contributed by atoms with Gasteiger partial charge in [0.05, 0.1) is 17.8 Å². The van der Waals surface area contributed by atoms with Crippen molar-refractivity contribution in [2.24, 2.45) is 11.3 Å². The second kappa shape index (κ2) is 4.22. The number of nitrogens with one attached hydrogen (secondary N) is 2. The number of hydrogen-bond donors (Lipinski definition) is 2. The molecule has 0 spiro atoms. The molecular weight excluding hydrogens is 250 g/mol. The molecule has 3 unspecified atom stereocenters. The van der Waals surface area contributed by atoms with Gasteiger partial charge in [-0.05, 0) is 25.0 Å². The highest BCUT2D eigenvalue weighted by Gasteiger charge is 2.57. The summed E-state index contributed by atoms with van der Waals surface area (Å²) in [7, 11) is 0. The average Bonchev–Trinajstić information content (AvgIpc) is 2.94. The van der Waals surface area contributed by atoms with E-state index in [0.29, 0.717) is 18.1 Å². The number of benzene rings is 1. The van der Waals surface area contributed by atoms with Gasteiger partial charge in [0.15, 0.2) is 0 Å². The van der Waals surface area contributed by atoms with E-state index in [4.69, 9.17) is 4.74 Å². The van der Waals surface area contributed by atoms with Crippen LogP contribution in [0.5, 0.6) is 0 Å². The Labute approximate surface area is 118 Å². The van der Waals surface area contributed by atoms with Crippen LogP contribution in [0.4, 0.5) is 5.69 Å². The number of aromatic amines is 1. The summed E-state index contributed by atoms with van der Waals surface area (Å²) < 4.78 is 5.97. The topological polar surface area (TPSA) is 49.9 Å². The molecule has 2 heterocycles.